The van der Waals surface area contributed by atoms with Crippen molar-refractivity contribution in [2.45, 2.75) is 19.9 Å². The molecule has 0 spiro atoms. The predicted molar refractivity (Wildman–Crippen MR) is 75.1 cm³/mol. The Hall–Kier alpha value is -1.60. The van der Waals surface area contributed by atoms with Gasteiger partial charge in [0.1, 0.15) is 5.75 Å². The molecule has 0 aromatic heterocycles. The number of ether oxygens (including phenoxy) is 1. The fraction of sp³-hybridized carbons (Fsp3) is 0.462. The third kappa shape index (κ3) is 4.82. The van der Waals surface area contributed by atoms with Crippen LogP contribution in [0.1, 0.15) is 18.9 Å². The summed E-state index contributed by atoms with van der Waals surface area (Å²) in [5.74, 6) is -0.901. The van der Waals surface area contributed by atoms with Crippen LogP contribution in [0.25, 0.3) is 0 Å². The number of carbonyl (C=O) groups is 1. The lowest BCUT2D eigenvalue weighted by Crippen LogP contribution is -2.29. The first-order valence-electron chi connectivity index (χ1n) is 6.23. The third-order valence-corrected chi connectivity index (χ3v) is 4.51. The van der Waals surface area contributed by atoms with Gasteiger partial charge in [-0.2, -0.15) is 0 Å². The first-order chi connectivity index (χ1) is 9.36. The molecule has 6 nitrogen and oxygen atoms in total. The molecule has 0 fully saturated rings. The number of nitrogens with zero attached hydrogens (tertiary/aromatic N) is 1. The zero-order valence-electron chi connectivity index (χ0n) is 11.6. The fourth-order valence-electron chi connectivity index (χ4n) is 1.64. The molecule has 1 aromatic rings. The average molecular weight is 301 g/mol. The lowest BCUT2D eigenvalue weighted by atomic mass is 10.2. The Bertz CT molecular complexity index is 556. The summed E-state index contributed by atoms with van der Waals surface area (Å²) in [5, 5.41) is 8.56. The highest BCUT2D eigenvalue weighted by atomic mass is 32.2. The number of carboxylic acid groups (broad SMARTS) is 1. The molecule has 0 amide bonds. The molecule has 0 radical (unpaired) electrons. The van der Waals surface area contributed by atoms with Gasteiger partial charge in [0.25, 0.3) is 0 Å². The molecule has 0 atom stereocenters. The summed E-state index contributed by atoms with van der Waals surface area (Å²) < 4.78 is 30.4. The van der Waals surface area contributed by atoms with Crippen LogP contribution in [-0.2, 0) is 21.4 Å². The van der Waals surface area contributed by atoms with Crippen molar-refractivity contribution in [2.24, 2.45) is 0 Å². The summed E-state index contributed by atoms with van der Waals surface area (Å²) in [6.45, 7) is 2.49. The molecule has 20 heavy (non-hydrogen) atoms. The topological polar surface area (TPSA) is 83.9 Å². The van der Waals surface area contributed by atoms with Gasteiger partial charge < -0.3 is 9.84 Å². The van der Waals surface area contributed by atoms with Gasteiger partial charge in [0.15, 0.2) is 0 Å². The van der Waals surface area contributed by atoms with Gasteiger partial charge in [-0.3, -0.25) is 4.79 Å². The van der Waals surface area contributed by atoms with Crippen LogP contribution in [0.5, 0.6) is 5.75 Å². The Morgan fingerprint density at radius 3 is 2.60 bits per heavy atom. The van der Waals surface area contributed by atoms with E-state index in [4.69, 9.17) is 9.84 Å². The Morgan fingerprint density at radius 2 is 2.00 bits per heavy atom. The second-order valence-corrected chi connectivity index (χ2v) is 6.45. The van der Waals surface area contributed by atoms with Crippen molar-refractivity contribution in [1.82, 2.24) is 4.31 Å². The molecule has 0 aliphatic rings. The molecule has 0 saturated carbocycles. The molecule has 112 valence electrons. The summed E-state index contributed by atoms with van der Waals surface area (Å²) >= 11 is 0. The standard InChI is InChI=1S/C13H19NO5S/c1-3-19-12-7-5-4-6-11(12)10-14(2)20(17,18)9-8-13(15)16/h4-7H,3,8-10H2,1-2H3,(H,15,16). The predicted octanol–water partition coefficient (Wildman–Crippen LogP) is 1.32. The summed E-state index contributed by atoms with van der Waals surface area (Å²) in [6, 6.07) is 7.17. The van der Waals surface area contributed by atoms with Gasteiger partial charge in [-0.25, -0.2) is 12.7 Å². The molecular formula is C13H19NO5S. The molecule has 0 saturated heterocycles. The first-order valence-corrected chi connectivity index (χ1v) is 7.84. The summed E-state index contributed by atoms with van der Waals surface area (Å²) in [4.78, 5) is 10.5. The molecule has 1 aromatic carbocycles. The van der Waals surface area contributed by atoms with Crippen molar-refractivity contribution in [3.63, 3.8) is 0 Å². The summed E-state index contributed by atoms with van der Waals surface area (Å²) in [5.41, 5.74) is 0.746. The van der Waals surface area contributed by atoms with Gasteiger partial charge in [0.05, 0.1) is 18.8 Å². The van der Waals surface area contributed by atoms with Crippen LogP contribution in [0.4, 0.5) is 0 Å². The van der Waals surface area contributed by atoms with Crippen molar-refractivity contribution in [3.05, 3.63) is 29.8 Å². The van der Waals surface area contributed by atoms with E-state index in [2.05, 4.69) is 0 Å². The smallest absolute Gasteiger partial charge is 0.304 e. The second-order valence-electron chi connectivity index (χ2n) is 4.26. The number of hydrogen-bond donors (Lipinski definition) is 1. The number of para-hydroxylation sites is 1. The largest absolute Gasteiger partial charge is 0.494 e. The number of rotatable bonds is 8. The Labute approximate surface area is 119 Å². The van der Waals surface area contributed by atoms with E-state index in [1.54, 1.807) is 18.2 Å². The van der Waals surface area contributed by atoms with Crippen molar-refractivity contribution >= 4 is 16.0 Å². The highest BCUT2D eigenvalue weighted by Gasteiger charge is 2.20. The molecule has 7 heteroatoms. The average Bonchev–Trinajstić information content (AvgIpc) is 2.39. The zero-order valence-corrected chi connectivity index (χ0v) is 12.4. The van der Waals surface area contributed by atoms with Crippen molar-refractivity contribution < 1.29 is 23.1 Å². The molecule has 0 unspecified atom stereocenters. The number of sulfonamides is 1. The molecule has 1 N–H and O–H groups in total. The molecular weight excluding hydrogens is 282 g/mol. The van der Waals surface area contributed by atoms with E-state index < -0.39 is 28.2 Å². The van der Waals surface area contributed by atoms with Gasteiger partial charge in [-0.15, -0.1) is 0 Å². The maximum absolute atomic E-state index is 11.9. The highest BCUT2D eigenvalue weighted by Crippen LogP contribution is 2.20. The van der Waals surface area contributed by atoms with Crippen LogP contribution in [0, 0.1) is 0 Å². The van der Waals surface area contributed by atoms with E-state index in [1.165, 1.54) is 7.05 Å². The number of hydrogen-bond acceptors (Lipinski definition) is 4. The summed E-state index contributed by atoms with van der Waals surface area (Å²) in [7, 11) is -2.16. The SMILES string of the molecule is CCOc1ccccc1CN(C)S(=O)(=O)CCC(=O)O. The minimum Gasteiger partial charge on any atom is -0.494 e. The monoisotopic (exact) mass is 301 g/mol. The third-order valence-electron chi connectivity index (χ3n) is 2.71. The van der Waals surface area contributed by atoms with Crippen LogP contribution in [0.2, 0.25) is 0 Å². The Kier molecular flexibility index (Phi) is 5.97. The van der Waals surface area contributed by atoms with E-state index in [-0.39, 0.29) is 6.54 Å². The minimum absolute atomic E-state index is 0.151. The van der Waals surface area contributed by atoms with Gasteiger partial charge >= 0.3 is 5.97 Å². The van der Waals surface area contributed by atoms with Crippen LogP contribution >= 0.6 is 0 Å². The minimum atomic E-state index is -3.59. The van der Waals surface area contributed by atoms with Gasteiger partial charge in [-0.05, 0) is 13.0 Å². The Balaban J connectivity index is 2.79. The molecule has 0 bridgehead atoms. The summed E-state index contributed by atoms with van der Waals surface area (Å²) in [6.07, 6.45) is -0.403. The Morgan fingerprint density at radius 1 is 1.35 bits per heavy atom. The molecule has 0 aliphatic heterocycles. The van der Waals surface area contributed by atoms with Gasteiger partial charge in [-0.1, -0.05) is 18.2 Å². The lowest BCUT2D eigenvalue weighted by molar-refractivity contribution is -0.136. The quantitative estimate of drug-likeness (QED) is 0.783. The molecule has 0 aliphatic carbocycles. The second kappa shape index (κ2) is 7.25. The van der Waals surface area contributed by atoms with Crippen molar-refractivity contribution in [1.29, 1.82) is 0 Å². The highest BCUT2D eigenvalue weighted by molar-refractivity contribution is 7.89. The van der Waals surface area contributed by atoms with E-state index in [1.807, 2.05) is 13.0 Å². The number of carboxylic acids is 1. The van der Waals surface area contributed by atoms with Gasteiger partial charge in [0.2, 0.25) is 10.0 Å². The van der Waals surface area contributed by atoms with E-state index in [0.29, 0.717) is 12.4 Å². The van der Waals surface area contributed by atoms with Crippen molar-refractivity contribution in [3.8, 4) is 5.75 Å². The van der Waals surface area contributed by atoms with Crippen molar-refractivity contribution in [2.75, 3.05) is 19.4 Å². The molecule has 1 rings (SSSR count). The first kappa shape index (κ1) is 16.5. The normalized spacial score (nSPS) is 11.6. The maximum Gasteiger partial charge on any atom is 0.304 e. The van der Waals surface area contributed by atoms with E-state index in [9.17, 15) is 13.2 Å². The fourth-order valence-corrected chi connectivity index (χ4v) is 2.72. The van der Waals surface area contributed by atoms with E-state index >= 15 is 0 Å². The van der Waals surface area contributed by atoms with Gasteiger partial charge in [0, 0.05) is 19.2 Å². The number of benzene rings is 1. The molecule has 0 heterocycles. The van der Waals surface area contributed by atoms with Crippen LogP contribution < -0.4 is 4.74 Å². The zero-order chi connectivity index (χ0) is 15.2. The van der Waals surface area contributed by atoms with Crippen LogP contribution in [0.3, 0.4) is 0 Å². The maximum atomic E-state index is 11.9. The van der Waals surface area contributed by atoms with E-state index in [0.717, 1.165) is 9.87 Å². The lowest BCUT2D eigenvalue weighted by Gasteiger charge is -2.18. The van der Waals surface area contributed by atoms with Crippen LogP contribution in [-0.4, -0.2) is 43.2 Å². The number of aliphatic carboxylic acids is 1. The van der Waals surface area contributed by atoms with Crippen LogP contribution in [0.15, 0.2) is 24.3 Å².